The second-order valence-electron chi connectivity index (χ2n) is 4.52. The van der Waals surface area contributed by atoms with Gasteiger partial charge in [-0.25, -0.2) is 0 Å². The summed E-state index contributed by atoms with van der Waals surface area (Å²) in [5.41, 5.74) is 1.21. The van der Waals surface area contributed by atoms with E-state index in [4.69, 9.17) is 4.74 Å². The van der Waals surface area contributed by atoms with Crippen LogP contribution in [0.1, 0.15) is 38.8 Å². The number of benzene rings is 1. The zero-order chi connectivity index (χ0) is 12.8. The summed E-state index contributed by atoms with van der Waals surface area (Å²) in [7, 11) is 1.96. The summed E-state index contributed by atoms with van der Waals surface area (Å²) in [6.07, 6.45) is 1.14. The van der Waals surface area contributed by atoms with E-state index in [9.17, 15) is 0 Å². The Morgan fingerprint density at radius 2 is 2.06 bits per heavy atom. The van der Waals surface area contributed by atoms with E-state index in [2.05, 4.69) is 54.2 Å². The van der Waals surface area contributed by atoms with Crippen LogP contribution in [-0.4, -0.2) is 13.7 Å². The minimum absolute atomic E-state index is 0.301. The highest BCUT2D eigenvalue weighted by molar-refractivity contribution is 9.10. The molecular formula is C14H22BrNO. The van der Waals surface area contributed by atoms with Gasteiger partial charge in [0.05, 0.1) is 6.61 Å². The van der Waals surface area contributed by atoms with Crippen LogP contribution < -0.4 is 10.1 Å². The van der Waals surface area contributed by atoms with Crippen LogP contribution in [0.15, 0.2) is 22.7 Å². The van der Waals surface area contributed by atoms with Crippen LogP contribution in [0, 0.1) is 5.92 Å². The average Bonchev–Trinajstić information content (AvgIpc) is 2.35. The third-order valence-electron chi connectivity index (χ3n) is 3.10. The van der Waals surface area contributed by atoms with Crippen LogP contribution in [0.3, 0.4) is 0 Å². The Hall–Kier alpha value is -0.540. The van der Waals surface area contributed by atoms with Gasteiger partial charge in [-0.15, -0.1) is 0 Å². The summed E-state index contributed by atoms with van der Waals surface area (Å²) >= 11 is 3.49. The molecule has 1 aromatic rings. The quantitative estimate of drug-likeness (QED) is 0.852. The van der Waals surface area contributed by atoms with E-state index in [1.54, 1.807) is 0 Å². The van der Waals surface area contributed by atoms with Gasteiger partial charge in [-0.05, 0) is 32.0 Å². The number of ether oxygens (including phenoxy) is 1. The summed E-state index contributed by atoms with van der Waals surface area (Å²) in [6.45, 7) is 7.31. The standard InChI is InChI=1S/C14H22BrNO/c1-5-10(2)9-17-14-8-12(15)6-7-13(14)11(3)16-4/h6-8,10-11,16H,5,9H2,1-4H3. The third kappa shape index (κ3) is 4.32. The molecule has 17 heavy (non-hydrogen) atoms. The molecule has 0 aliphatic carbocycles. The van der Waals surface area contributed by atoms with E-state index in [-0.39, 0.29) is 0 Å². The van der Waals surface area contributed by atoms with Gasteiger partial charge >= 0.3 is 0 Å². The third-order valence-corrected chi connectivity index (χ3v) is 3.59. The molecule has 2 atom stereocenters. The van der Waals surface area contributed by atoms with Crippen LogP contribution >= 0.6 is 15.9 Å². The molecule has 1 rings (SSSR count). The Morgan fingerprint density at radius 3 is 2.65 bits per heavy atom. The van der Waals surface area contributed by atoms with Gasteiger partial charge in [0.1, 0.15) is 5.75 Å². The average molecular weight is 300 g/mol. The number of rotatable bonds is 6. The lowest BCUT2D eigenvalue weighted by atomic mass is 10.1. The molecule has 0 heterocycles. The topological polar surface area (TPSA) is 21.3 Å². The highest BCUT2D eigenvalue weighted by Crippen LogP contribution is 2.29. The van der Waals surface area contributed by atoms with Gasteiger partial charge in [0.25, 0.3) is 0 Å². The van der Waals surface area contributed by atoms with Crippen LogP contribution in [0.4, 0.5) is 0 Å². The van der Waals surface area contributed by atoms with Gasteiger partial charge in [0.15, 0.2) is 0 Å². The first-order valence-corrected chi connectivity index (χ1v) is 6.97. The highest BCUT2D eigenvalue weighted by atomic mass is 79.9. The van der Waals surface area contributed by atoms with Crippen LogP contribution in [-0.2, 0) is 0 Å². The predicted molar refractivity (Wildman–Crippen MR) is 76.6 cm³/mol. The SMILES string of the molecule is CCC(C)COc1cc(Br)ccc1C(C)NC. The normalized spacial score (nSPS) is 14.4. The maximum Gasteiger partial charge on any atom is 0.125 e. The minimum atomic E-state index is 0.301. The lowest BCUT2D eigenvalue weighted by Crippen LogP contribution is -2.15. The van der Waals surface area contributed by atoms with Crippen molar-refractivity contribution in [3.05, 3.63) is 28.2 Å². The summed E-state index contributed by atoms with van der Waals surface area (Å²) < 4.78 is 6.98. The van der Waals surface area contributed by atoms with Crippen LogP contribution in [0.5, 0.6) is 5.75 Å². The first-order chi connectivity index (χ1) is 8.08. The zero-order valence-corrected chi connectivity index (χ0v) is 12.7. The summed E-state index contributed by atoms with van der Waals surface area (Å²) in [5.74, 6) is 1.56. The van der Waals surface area contributed by atoms with Gasteiger partial charge in [-0.1, -0.05) is 42.3 Å². The first kappa shape index (κ1) is 14.5. The number of hydrogen-bond donors (Lipinski definition) is 1. The van der Waals surface area contributed by atoms with Crippen LogP contribution in [0.25, 0.3) is 0 Å². The number of halogens is 1. The molecule has 3 heteroatoms. The van der Waals surface area contributed by atoms with Crippen molar-refractivity contribution in [2.75, 3.05) is 13.7 Å². The molecular weight excluding hydrogens is 278 g/mol. The van der Waals surface area contributed by atoms with Gasteiger partial charge in [-0.3, -0.25) is 0 Å². The van der Waals surface area contributed by atoms with E-state index in [1.807, 2.05) is 13.1 Å². The van der Waals surface area contributed by atoms with E-state index < -0.39 is 0 Å². The maximum absolute atomic E-state index is 5.92. The van der Waals surface area contributed by atoms with Gasteiger partial charge in [-0.2, -0.15) is 0 Å². The van der Waals surface area contributed by atoms with Crippen molar-refractivity contribution in [2.24, 2.45) is 5.92 Å². The van der Waals surface area contributed by atoms with Crippen molar-refractivity contribution in [1.82, 2.24) is 5.32 Å². The molecule has 0 amide bonds. The van der Waals surface area contributed by atoms with Crippen molar-refractivity contribution in [3.8, 4) is 5.75 Å². The summed E-state index contributed by atoms with van der Waals surface area (Å²) in [4.78, 5) is 0. The Balaban J connectivity index is 2.83. The highest BCUT2D eigenvalue weighted by Gasteiger charge is 2.11. The molecule has 1 N–H and O–H groups in total. The molecule has 2 nitrogen and oxygen atoms in total. The molecule has 2 unspecified atom stereocenters. The molecule has 96 valence electrons. The Labute approximate surface area is 113 Å². The van der Waals surface area contributed by atoms with E-state index in [0.29, 0.717) is 12.0 Å². The van der Waals surface area contributed by atoms with Crippen molar-refractivity contribution in [3.63, 3.8) is 0 Å². The maximum atomic E-state index is 5.92. The van der Waals surface area contributed by atoms with Gasteiger partial charge < -0.3 is 10.1 Å². The first-order valence-electron chi connectivity index (χ1n) is 6.18. The largest absolute Gasteiger partial charge is 0.493 e. The number of nitrogens with one attached hydrogen (secondary N) is 1. The molecule has 0 bridgehead atoms. The molecule has 0 saturated carbocycles. The van der Waals surface area contributed by atoms with Gasteiger partial charge in [0, 0.05) is 16.1 Å². The summed E-state index contributed by atoms with van der Waals surface area (Å²) in [5, 5.41) is 3.25. The minimum Gasteiger partial charge on any atom is -0.493 e. The van der Waals surface area contributed by atoms with E-state index in [1.165, 1.54) is 5.56 Å². The Kier molecular flexibility index (Phi) is 6.00. The lowest BCUT2D eigenvalue weighted by Gasteiger charge is -2.18. The molecule has 0 saturated heterocycles. The molecule has 1 aromatic carbocycles. The van der Waals surface area contributed by atoms with Crippen molar-refractivity contribution >= 4 is 15.9 Å². The molecule has 0 aromatic heterocycles. The van der Waals surface area contributed by atoms with E-state index >= 15 is 0 Å². The van der Waals surface area contributed by atoms with Crippen molar-refractivity contribution in [1.29, 1.82) is 0 Å². The summed E-state index contributed by atoms with van der Waals surface area (Å²) in [6, 6.07) is 6.51. The fourth-order valence-corrected chi connectivity index (χ4v) is 1.84. The molecule has 0 fully saturated rings. The Bertz CT molecular complexity index is 354. The second kappa shape index (κ2) is 7.02. The predicted octanol–water partition coefficient (Wildman–Crippen LogP) is 4.15. The molecule has 0 spiro atoms. The fraction of sp³-hybridized carbons (Fsp3) is 0.571. The van der Waals surface area contributed by atoms with Crippen LogP contribution in [0.2, 0.25) is 0 Å². The Morgan fingerprint density at radius 1 is 1.35 bits per heavy atom. The fourth-order valence-electron chi connectivity index (χ4n) is 1.50. The van der Waals surface area contributed by atoms with E-state index in [0.717, 1.165) is 23.2 Å². The second-order valence-corrected chi connectivity index (χ2v) is 5.43. The molecule has 0 radical (unpaired) electrons. The number of hydrogen-bond acceptors (Lipinski definition) is 2. The van der Waals surface area contributed by atoms with Gasteiger partial charge in [0.2, 0.25) is 0 Å². The van der Waals surface area contributed by atoms with Crippen molar-refractivity contribution < 1.29 is 4.74 Å². The molecule has 0 aliphatic heterocycles. The van der Waals surface area contributed by atoms with Crippen molar-refractivity contribution in [2.45, 2.75) is 33.2 Å². The monoisotopic (exact) mass is 299 g/mol. The molecule has 0 aliphatic rings. The zero-order valence-electron chi connectivity index (χ0n) is 11.1. The lowest BCUT2D eigenvalue weighted by molar-refractivity contribution is 0.252. The smallest absolute Gasteiger partial charge is 0.125 e.